The molecule has 2 aromatic rings. The van der Waals surface area contributed by atoms with Crippen molar-refractivity contribution in [2.75, 3.05) is 5.32 Å². The molecule has 0 fully saturated rings. The van der Waals surface area contributed by atoms with Crippen LogP contribution in [-0.4, -0.2) is 21.4 Å². The standard InChI is InChI=1S/C18H24N4O/c1-12-6-8-14(9-7-12)11-19-16-10-15(20-13(2)21-16)17(23)22-18(3,4)5/h6-10H,11H2,1-5H3,(H,22,23)(H,19,20,21). The number of hydrogen-bond donors (Lipinski definition) is 2. The Labute approximate surface area is 137 Å². The van der Waals surface area contributed by atoms with Crippen molar-refractivity contribution < 1.29 is 4.79 Å². The summed E-state index contributed by atoms with van der Waals surface area (Å²) in [5.74, 6) is 1.02. The molecule has 0 saturated heterocycles. The minimum Gasteiger partial charge on any atom is -0.366 e. The Bertz CT molecular complexity index is 687. The average Bonchev–Trinajstić information content (AvgIpc) is 2.44. The van der Waals surface area contributed by atoms with Crippen LogP contribution in [0.25, 0.3) is 0 Å². The monoisotopic (exact) mass is 312 g/mol. The molecule has 0 bridgehead atoms. The summed E-state index contributed by atoms with van der Waals surface area (Å²) in [7, 11) is 0. The molecule has 2 N–H and O–H groups in total. The normalized spacial score (nSPS) is 11.2. The summed E-state index contributed by atoms with van der Waals surface area (Å²) in [6, 6.07) is 9.98. The van der Waals surface area contributed by atoms with Gasteiger partial charge in [0.1, 0.15) is 17.3 Å². The van der Waals surface area contributed by atoms with Crippen LogP contribution in [0.4, 0.5) is 5.82 Å². The molecule has 0 unspecified atom stereocenters. The van der Waals surface area contributed by atoms with E-state index in [4.69, 9.17) is 0 Å². The smallest absolute Gasteiger partial charge is 0.270 e. The van der Waals surface area contributed by atoms with E-state index in [2.05, 4.69) is 51.8 Å². The van der Waals surface area contributed by atoms with Crippen LogP contribution in [0.15, 0.2) is 30.3 Å². The molecular weight excluding hydrogens is 288 g/mol. The summed E-state index contributed by atoms with van der Waals surface area (Å²) in [4.78, 5) is 20.8. The summed E-state index contributed by atoms with van der Waals surface area (Å²) in [5, 5.41) is 6.16. The molecule has 1 aromatic heterocycles. The topological polar surface area (TPSA) is 66.9 Å². The Morgan fingerprint density at radius 2 is 1.74 bits per heavy atom. The van der Waals surface area contributed by atoms with Gasteiger partial charge in [0, 0.05) is 18.2 Å². The molecule has 2 rings (SSSR count). The van der Waals surface area contributed by atoms with Crippen LogP contribution in [0, 0.1) is 13.8 Å². The predicted molar refractivity (Wildman–Crippen MR) is 92.5 cm³/mol. The fourth-order valence-corrected chi connectivity index (χ4v) is 2.08. The number of hydrogen-bond acceptors (Lipinski definition) is 4. The van der Waals surface area contributed by atoms with E-state index >= 15 is 0 Å². The van der Waals surface area contributed by atoms with Gasteiger partial charge in [-0.3, -0.25) is 4.79 Å². The van der Waals surface area contributed by atoms with E-state index in [9.17, 15) is 4.79 Å². The highest BCUT2D eigenvalue weighted by atomic mass is 16.2. The largest absolute Gasteiger partial charge is 0.366 e. The maximum absolute atomic E-state index is 12.2. The number of nitrogens with one attached hydrogen (secondary N) is 2. The van der Waals surface area contributed by atoms with E-state index in [0.717, 1.165) is 5.56 Å². The molecule has 0 spiro atoms. The number of aromatic nitrogens is 2. The van der Waals surface area contributed by atoms with Crippen molar-refractivity contribution in [1.29, 1.82) is 0 Å². The Morgan fingerprint density at radius 1 is 1.09 bits per heavy atom. The van der Waals surface area contributed by atoms with Crippen LogP contribution in [0.2, 0.25) is 0 Å². The van der Waals surface area contributed by atoms with E-state index in [1.165, 1.54) is 5.56 Å². The quantitative estimate of drug-likeness (QED) is 0.909. The van der Waals surface area contributed by atoms with E-state index in [1.807, 2.05) is 20.8 Å². The van der Waals surface area contributed by atoms with Crippen LogP contribution >= 0.6 is 0 Å². The number of aryl methyl sites for hydroxylation is 2. The maximum Gasteiger partial charge on any atom is 0.270 e. The minimum absolute atomic E-state index is 0.193. The molecule has 1 heterocycles. The predicted octanol–water partition coefficient (Wildman–Crippen LogP) is 3.23. The molecule has 0 aliphatic rings. The molecule has 5 heteroatoms. The van der Waals surface area contributed by atoms with Gasteiger partial charge in [-0.15, -0.1) is 0 Å². The lowest BCUT2D eigenvalue weighted by atomic mass is 10.1. The summed E-state index contributed by atoms with van der Waals surface area (Å²) in [6.07, 6.45) is 0. The molecule has 1 aromatic carbocycles. The second kappa shape index (κ2) is 6.77. The first-order valence-electron chi connectivity index (χ1n) is 7.70. The highest BCUT2D eigenvalue weighted by Crippen LogP contribution is 2.11. The Kier molecular flexibility index (Phi) is 4.98. The van der Waals surface area contributed by atoms with Gasteiger partial charge in [0.05, 0.1) is 0 Å². The Hall–Kier alpha value is -2.43. The lowest BCUT2D eigenvalue weighted by molar-refractivity contribution is 0.0914. The summed E-state index contributed by atoms with van der Waals surface area (Å²) >= 11 is 0. The third-order valence-corrected chi connectivity index (χ3v) is 3.15. The second-order valence-electron chi connectivity index (χ2n) is 6.73. The first kappa shape index (κ1) is 16.9. The van der Waals surface area contributed by atoms with Gasteiger partial charge in [-0.05, 0) is 40.2 Å². The van der Waals surface area contributed by atoms with Crippen molar-refractivity contribution in [3.8, 4) is 0 Å². The second-order valence-corrected chi connectivity index (χ2v) is 6.73. The average molecular weight is 312 g/mol. The van der Waals surface area contributed by atoms with Crippen molar-refractivity contribution in [3.05, 3.63) is 53.0 Å². The van der Waals surface area contributed by atoms with Crippen molar-refractivity contribution in [1.82, 2.24) is 15.3 Å². The number of anilines is 1. The van der Waals surface area contributed by atoms with E-state index in [-0.39, 0.29) is 11.4 Å². The van der Waals surface area contributed by atoms with Gasteiger partial charge < -0.3 is 10.6 Å². The fraction of sp³-hybridized carbons (Fsp3) is 0.389. The van der Waals surface area contributed by atoms with Gasteiger partial charge in [-0.1, -0.05) is 29.8 Å². The first-order valence-corrected chi connectivity index (χ1v) is 7.70. The van der Waals surface area contributed by atoms with Crippen LogP contribution in [-0.2, 0) is 6.54 Å². The lowest BCUT2D eigenvalue weighted by Gasteiger charge is -2.20. The fourth-order valence-electron chi connectivity index (χ4n) is 2.08. The molecule has 5 nitrogen and oxygen atoms in total. The van der Waals surface area contributed by atoms with Crippen molar-refractivity contribution in [3.63, 3.8) is 0 Å². The molecule has 0 atom stereocenters. The lowest BCUT2D eigenvalue weighted by Crippen LogP contribution is -2.41. The molecule has 23 heavy (non-hydrogen) atoms. The van der Waals surface area contributed by atoms with Crippen LogP contribution in [0.5, 0.6) is 0 Å². The van der Waals surface area contributed by atoms with E-state index in [1.54, 1.807) is 13.0 Å². The number of benzene rings is 1. The number of carbonyl (C=O) groups is 1. The zero-order valence-electron chi connectivity index (χ0n) is 14.4. The van der Waals surface area contributed by atoms with Gasteiger partial charge in [-0.2, -0.15) is 0 Å². The van der Waals surface area contributed by atoms with Crippen LogP contribution in [0.1, 0.15) is 48.2 Å². The molecule has 0 aliphatic heterocycles. The molecule has 0 saturated carbocycles. The Morgan fingerprint density at radius 3 is 2.35 bits per heavy atom. The molecule has 0 radical (unpaired) electrons. The van der Waals surface area contributed by atoms with Gasteiger partial charge in [0.2, 0.25) is 0 Å². The van der Waals surface area contributed by atoms with Gasteiger partial charge >= 0.3 is 0 Å². The first-order chi connectivity index (χ1) is 10.7. The number of amides is 1. The molecule has 122 valence electrons. The molecule has 0 aliphatic carbocycles. The van der Waals surface area contributed by atoms with Crippen LogP contribution in [0.3, 0.4) is 0 Å². The summed E-state index contributed by atoms with van der Waals surface area (Å²) in [5.41, 5.74) is 2.46. The number of rotatable bonds is 4. The Balaban J connectivity index is 2.10. The number of carbonyl (C=O) groups excluding carboxylic acids is 1. The van der Waals surface area contributed by atoms with E-state index in [0.29, 0.717) is 23.9 Å². The van der Waals surface area contributed by atoms with Gasteiger partial charge in [-0.25, -0.2) is 9.97 Å². The molecular formula is C18H24N4O. The highest BCUT2D eigenvalue weighted by Gasteiger charge is 2.17. The third kappa shape index (κ3) is 5.36. The minimum atomic E-state index is -0.300. The highest BCUT2D eigenvalue weighted by molar-refractivity contribution is 5.93. The van der Waals surface area contributed by atoms with Gasteiger partial charge in [0.25, 0.3) is 5.91 Å². The zero-order chi connectivity index (χ0) is 17.0. The molecule has 1 amide bonds. The zero-order valence-corrected chi connectivity index (χ0v) is 14.4. The van der Waals surface area contributed by atoms with Crippen molar-refractivity contribution in [2.24, 2.45) is 0 Å². The van der Waals surface area contributed by atoms with Crippen molar-refractivity contribution >= 4 is 11.7 Å². The van der Waals surface area contributed by atoms with E-state index < -0.39 is 0 Å². The summed E-state index contributed by atoms with van der Waals surface area (Å²) < 4.78 is 0. The van der Waals surface area contributed by atoms with Gasteiger partial charge in [0.15, 0.2) is 0 Å². The maximum atomic E-state index is 12.2. The SMILES string of the molecule is Cc1ccc(CNc2cc(C(=O)NC(C)(C)C)nc(C)n2)cc1. The summed E-state index contributed by atoms with van der Waals surface area (Å²) in [6.45, 7) is 10.3. The van der Waals surface area contributed by atoms with Crippen molar-refractivity contribution in [2.45, 2.75) is 46.7 Å². The third-order valence-electron chi connectivity index (χ3n) is 3.15. The number of nitrogens with zero attached hydrogens (tertiary/aromatic N) is 2. The van der Waals surface area contributed by atoms with Crippen LogP contribution < -0.4 is 10.6 Å².